The van der Waals surface area contributed by atoms with Crippen LogP contribution in [0.5, 0.6) is 0 Å². The summed E-state index contributed by atoms with van der Waals surface area (Å²) in [5.41, 5.74) is 0.376. The molecule has 2 heterocycles. The number of carboxylic acids is 1. The highest BCUT2D eigenvalue weighted by atomic mass is 32.2. The number of hydrogen-bond donors (Lipinski definition) is 2. The number of amides is 1. The third-order valence-corrected chi connectivity index (χ3v) is 4.38. The first-order valence-corrected chi connectivity index (χ1v) is 8.37. The molecule has 0 aromatic carbocycles. The first-order valence-electron chi connectivity index (χ1n) is 6.76. The normalized spacial score (nSPS) is 20.5. The van der Waals surface area contributed by atoms with Gasteiger partial charge in [-0.1, -0.05) is 6.92 Å². The Morgan fingerprint density at radius 3 is 2.86 bits per heavy atom. The molecular weight excluding hydrogens is 310 g/mol. The molecule has 9 heteroatoms. The van der Waals surface area contributed by atoms with E-state index < -0.39 is 16.0 Å². The summed E-state index contributed by atoms with van der Waals surface area (Å²) in [5.74, 6) is -1.21. The van der Waals surface area contributed by atoms with E-state index in [1.165, 1.54) is 12.2 Å². The highest BCUT2D eigenvalue weighted by Crippen LogP contribution is 2.15. The van der Waals surface area contributed by atoms with Crippen LogP contribution < -0.4 is 5.32 Å². The second-order valence-corrected chi connectivity index (χ2v) is 7.01. The molecule has 1 atom stereocenters. The zero-order chi connectivity index (χ0) is 16.3. The maximum atomic E-state index is 12.0. The van der Waals surface area contributed by atoms with Crippen molar-refractivity contribution in [2.24, 2.45) is 10.3 Å². The van der Waals surface area contributed by atoms with Crippen molar-refractivity contribution in [3.8, 4) is 0 Å². The van der Waals surface area contributed by atoms with E-state index in [4.69, 9.17) is 5.11 Å². The second kappa shape index (κ2) is 6.30. The molecule has 0 aromatic heterocycles. The second-order valence-electron chi connectivity index (χ2n) is 5.26. The Balaban J connectivity index is 1.97. The van der Waals surface area contributed by atoms with Crippen molar-refractivity contribution in [2.45, 2.75) is 13.3 Å². The largest absolute Gasteiger partial charge is 0.481 e. The molecule has 22 heavy (non-hydrogen) atoms. The number of amidine groups is 1. The van der Waals surface area contributed by atoms with Crippen molar-refractivity contribution < 1.29 is 23.1 Å². The molecular formula is C13H17N3O5S. The SMILES string of the molecule is CC(CNC(=O)C1=CN2CCS(=O)(=O)N=C2C=C1)CC(=O)O. The van der Waals surface area contributed by atoms with Crippen LogP contribution in [0, 0.1) is 5.92 Å². The summed E-state index contributed by atoms with van der Waals surface area (Å²) in [5, 5.41) is 11.3. The Bertz CT molecular complexity index is 678. The van der Waals surface area contributed by atoms with E-state index in [9.17, 15) is 18.0 Å². The van der Waals surface area contributed by atoms with Crippen LogP contribution in [0.4, 0.5) is 0 Å². The van der Waals surface area contributed by atoms with Crippen LogP contribution in [0.25, 0.3) is 0 Å². The zero-order valence-corrected chi connectivity index (χ0v) is 12.8. The van der Waals surface area contributed by atoms with Crippen LogP contribution in [-0.4, -0.2) is 55.0 Å². The molecule has 0 aliphatic carbocycles. The Hall–Kier alpha value is -2.16. The van der Waals surface area contributed by atoms with E-state index in [1.807, 2.05) is 0 Å². The maximum absolute atomic E-state index is 12.0. The van der Waals surface area contributed by atoms with Crippen molar-refractivity contribution in [1.82, 2.24) is 10.2 Å². The van der Waals surface area contributed by atoms with E-state index >= 15 is 0 Å². The molecule has 120 valence electrons. The van der Waals surface area contributed by atoms with Crippen molar-refractivity contribution in [3.63, 3.8) is 0 Å². The lowest BCUT2D eigenvalue weighted by Crippen LogP contribution is -2.38. The van der Waals surface area contributed by atoms with Crippen LogP contribution in [-0.2, 0) is 19.6 Å². The predicted octanol–water partition coefficient (Wildman–Crippen LogP) is -0.289. The average Bonchev–Trinajstić information content (AvgIpc) is 2.42. The average molecular weight is 327 g/mol. The van der Waals surface area contributed by atoms with E-state index in [0.29, 0.717) is 11.4 Å². The summed E-state index contributed by atoms with van der Waals surface area (Å²) < 4.78 is 26.4. The van der Waals surface area contributed by atoms with Crippen molar-refractivity contribution in [1.29, 1.82) is 0 Å². The van der Waals surface area contributed by atoms with Gasteiger partial charge in [-0.05, 0) is 18.1 Å². The minimum absolute atomic E-state index is 0.0179. The number of aliphatic carboxylic acids is 1. The molecule has 8 nitrogen and oxygen atoms in total. The van der Waals surface area contributed by atoms with Crippen molar-refractivity contribution in [3.05, 3.63) is 23.9 Å². The third kappa shape index (κ3) is 4.17. The minimum Gasteiger partial charge on any atom is -0.481 e. The van der Waals surface area contributed by atoms with E-state index in [1.54, 1.807) is 18.0 Å². The van der Waals surface area contributed by atoms with Gasteiger partial charge in [-0.3, -0.25) is 9.59 Å². The predicted molar refractivity (Wildman–Crippen MR) is 79.6 cm³/mol. The summed E-state index contributed by atoms with van der Waals surface area (Å²) in [6, 6.07) is 0. The van der Waals surface area contributed by atoms with Crippen molar-refractivity contribution >= 4 is 27.7 Å². The molecule has 0 aromatic rings. The number of carbonyl (C=O) groups is 2. The molecule has 2 N–H and O–H groups in total. The third-order valence-electron chi connectivity index (χ3n) is 3.22. The first kappa shape index (κ1) is 16.2. The van der Waals surface area contributed by atoms with Gasteiger partial charge in [-0.15, -0.1) is 4.40 Å². The van der Waals surface area contributed by atoms with Crippen LogP contribution >= 0.6 is 0 Å². The van der Waals surface area contributed by atoms with E-state index in [-0.39, 0.29) is 37.1 Å². The zero-order valence-electron chi connectivity index (χ0n) is 12.0. The number of nitrogens with one attached hydrogen (secondary N) is 1. The Morgan fingerprint density at radius 1 is 1.45 bits per heavy atom. The summed E-state index contributed by atoms with van der Waals surface area (Å²) >= 11 is 0. The summed E-state index contributed by atoms with van der Waals surface area (Å²) in [4.78, 5) is 24.2. The lowest BCUT2D eigenvalue weighted by atomic mass is 10.1. The Labute approximate surface area is 128 Å². The molecule has 0 fully saturated rings. The van der Waals surface area contributed by atoms with Crippen LogP contribution in [0.15, 0.2) is 28.3 Å². The number of carboxylic acid groups (broad SMARTS) is 1. The molecule has 2 aliphatic rings. The summed E-state index contributed by atoms with van der Waals surface area (Å²) in [7, 11) is -3.41. The Kier molecular flexibility index (Phi) is 4.65. The molecule has 0 spiro atoms. The first-order chi connectivity index (χ1) is 10.3. The number of nitrogens with zero attached hydrogens (tertiary/aromatic N) is 2. The van der Waals surface area contributed by atoms with Gasteiger partial charge in [0.15, 0.2) is 0 Å². The fraction of sp³-hybridized carbons (Fsp3) is 0.462. The Morgan fingerprint density at radius 2 is 2.18 bits per heavy atom. The van der Waals surface area contributed by atoms with Gasteiger partial charge in [0, 0.05) is 25.7 Å². The monoisotopic (exact) mass is 327 g/mol. The van der Waals surface area contributed by atoms with Gasteiger partial charge in [-0.2, -0.15) is 0 Å². The number of rotatable bonds is 5. The van der Waals surface area contributed by atoms with Gasteiger partial charge in [0.25, 0.3) is 15.9 Å². The molecule has 0 saturated heterocycles. The molecule has 1 amide bonds. The lowest BCUT2D eigenvalue weighted by molar-refractivity contribution is -0.138. The highest BCUT2D eigenvalue weighted by Gasteiger charge is 2.25. The smallest absolute Gasteiger partial charge is 0.303 e. The molecule has 0 bridgehead atoms. The van der Waals surface area contributed by atoms with Gasteiger partial charge in [0.2, 0.25) is 0 Å². The van der Waals surface area contributed by atoms with Gasteiger partial charge < -0.3 is 15.3 Å². The fourth-order valence-corrected chi connectivity index (χ4v) is 3.04. The minimum atomic E-state index is -3.41. The maximum Gasteiger partial charge on any atom is 0.303 e. The molecule has 0 saturated carbocycles. The van der Waals surface area contributed by atoms with Gasteiger partial charge >= 0.3 is 5.97 Å². The number of sulfonamides is 1. The van der Waals surface area contributed by atoms with Crippen LogP contribution in [0.2, 0.25) is 0 Å². The molecule has 1 unspecified atom stereocenters. The number of hydrogen-bond acceptors (Lipinski definition) is 5. The summed E-state index contributed by atoms with van der Waals surface area (Å²) in [6.07, 6.45) is 4.50. The topological polar surface area (TPSA) is 116 Å². The van der Waals surface area contributed by atoms with Crippen molar-refractivity contribution in [2.75, 3.05) is 18.8 Å². The molecule has 2 aliphatic heterocycles. The van der Waals surface area contributed by atoms with Gasteiger partial charge in [-0.25, -0.2) is 8.42 Å². The van der Waals surface area contributed by atoms with Crippen LogP contribution in [0.3, 0.4) is 0 Å². The van der Waals surface area contributed by atoms with E-state index in [0.717, 1.165) is 0 Å². The fourth-order valence-electron chi connectivity index (χ4n) is 2.07. The quantitative estimate of drug-likeness (QED) is 0.717. The standard InChI is InChI=1S/C13H17N3O5S/c1-9(6-12(17)18)7-14-13(19)10-2-3-11-15-22(20,21)5-4-16(11)8-10/h2-3,8-9H,4-7H2,1H3,(H,14,19)(H,17,18). The lowest BCUT2D eigenvalue weighted by Gasteiger charge is -2.27. The highest BCUT2D eigenvalue weighted by molar-refractivity contribution is 7.90. The van der Waals surface area contributed by atoms with Crippen LogP contribution in [0.1, 0.15) is 13.3 Å². The number of carbonyl (C=O) groups excluding carboxylic acids is 1. The molecule has 2 rings (SSSR count). The van der Waals surface area contributed by atoms with Gasteiger partial charge in [0.05, 0.1) is 11.3 Å². The number of fused-ring (bicyclic) bond motifs is 1. The van der Waals surface area contributed by atoms with E-state index in [2.05, 4.69) is 9.71 Å². The molecule has 0 radical (unpaired) electrons. The summed E-state index contributed by atoms with van der Waals surface area (Å²) in [6.45, 7) is 2.24. The van der Waals surface area contributed by atoms with Gasteiger partial charge in [0.1, 0.15) is 5.84 Å².